The van der Waals surface area contributed by atoms with Gasteiger partial charge in [0.05, 0.1) is 0 Å². The number of piperidine rings is 2. The number of likely N-dealkylation sites (N-methyl/N-ethyl adjacent to an activating group) is 1. The van der Waals surface area contributed by atoms with E-state index < -0.39 is 0 Å². The Morgan fingerprint density at radius 2 is 2.15 bits per heavy atom. The molecule has 2 aliphatic rings. The second-order valence-corrected chi connectivity index (χ2v) is 6.10. The smallest absolute Gasteiger partial charge is 0.223 e. The monoisotopic (exact) mass is 303 g/mol. The summed E-state index contributed by atoms with van der Waals surface area (Å²) in [6.45, 7) is 8.50. The minimum Gasteiger partial charge on any atom is -0.354 e. The van der Waals surface area contributed by atoms with E-state index in [0.717, 1.165) is 32.5 Å². The molecule has 118 valence electrons. The predicted octanol–water partition coefficient (Wildman–Crippen LogP) is 1.79. The molecule has 0 aliphatic carbocycles. The maximum absolute atomic E-state index is 12.2. The summed E-state index contributed by atoms with van der Waals surface area (Å²) < 4.78 is 0. The molecule has 2 aliphatic heterocycles. The number of rotatable bonds is 4. The minimum atomic E-state index is 0. The first kappa shape index (κ1) is 17.7. The second kappa shape index (κ2) is 8.85. The van der Waals surface area contributed by atoms with Crippen LogP contribution in [0.4, 0.5) is 0 Å². The molecule has 0 bridgehead atoms. The van der Waals surface area contributed by atoms with Gasteiger partial charge in [0.1, 0.15) is 0 Å². The van der Waals surface area contributed by atoms with E-state index in [9.17, 15) is 4.79 Å². The molecule has 0 aromatic heterocycles. The second-order valence-electron chi connectivity index (χ2n) is 6.10. The van der Waals surface area contributed by atoms with Crippen LogP contribution in [0.15, 0.2) is 0 Å². The molecule has 0 saturated carbocycles. The van der Waals surface area contributed by atoms with Crippen molar-refractivity contribution >= 4 is 18.3 Å². The summed E-state index contributed by atoms with van der Waals surface area (Å²) in [5.74, 6) is 0.491. The summed E-state index contributed by atoms with van der Waals surface area (Å²) in [4.78, 5) is 14.7. The van der Waals surface area contributed by atoms with Crippen molar-refractivity contribution in [2.45, 2.75) is 58.0 Å². The van der Waals surface area contributed by atoms with Crippen LogP contribution < -0.4 is 10.6 Å². The summed E-state index contributed by atoms with van der Waals surface area (Å²) >= 11 is 0. The van der Waals surface area contributed by atoms with E-state index in [-0.39, 0.29) is 24.2 Å². The van der Waals surface area contributed by atoms with Gasteiger partial charge >= 0.3 is 0 Å². The van der Waals surface area contributed by atoms with Crippen LogP contribution in [-0.2, 0) is 4.79 Å². The van der Waals surface area contributed by atoms with Gasteiger partial charge in [0.2, 0.25) is 5.91 Å². The number of carbonyl (C=O) groups excluding carboxylic acids is 1. The summed E-state index contributed by atoms with van der Waals surface area (Å²) in [6, 6.07) is 1.04. The van der Waals surface area contributed by atoms with Gasteiger partial charge in [-0.2, -0.15) is 0 Å². The first-order chi connectivity index (χ1) is 9.20. The van der Waals surface area contributed by atoms with Crippen LogP contribution in [0.2, 0.25) is 0 Å². The molecule has 5 heteroatoms. The van der Waals surface area contributed by atoms with Crippen molar-refractivity contribution in [1.82, 2.24) is 15.5 Å². The van der Waals surface area contributed by atoms with E-state index >= 15 is 0 Å². The molecular weight excluding hydrogens is 274 g/mol. The van der Waals surface area contributed by atoms with Gasteiger partial charge in [0.15, 0.2) is 0 Å². The van der Waals surface area contributed by atoms with Gasteiger partial charge in [-0.1, -0.05) is 13.3 Å². The number of nitrogens with zero attached hydrogens (tertiary/aromatic N) is 1. The Kier molecular flexibility index (Phi) is 7.85. The van der Waals surface area contributed by atoms with Crippen molar-refractivity contribution in [3.05, 3.63) is 0 Å². The Balaban J connectivity index is 0.00000200. The maximum Gasteiger partial charge on any atom is 0.223 e. The zero-order chi connectivity index (χ0) is 13.7. The van der Waals surface area contributed by atoms with E-state index in [0.29, 0.717) is 12.1 Å². The van der Waals surface area contributed by atoms with Gasteiger partial charge in [-0.3, -0.25) is 9.69 Å². The quantitative estimate of drug-likeness (QED) is 0.832. The molecule has 2 saturated heterocycles. The van der Waals surface area contributed by atoms with E-state index in [1.54, 1.807) is 0 Å². The fourth-order valence-corrected chi connectivity index (χ4v) is 3.44. The molecule has 0 radical (unpaired) electrons. The maximum atomic E-state index is 12.2. The van der Waals surface area contributed by atoms with Gasteiger partial charge in [0.25, 0.3) is 0 Å². The fraction of sp³-hybridized carbons (Fsp3) is 0.933. The average molecular weight is 304 g/mol. The molecule has 2 heterocycles. The molecule has 2 fully saturated rings. The Labute approximate surface area is 129 Å². The number of hydrogen-bond acceptors (Lipinski definition) is 3. The van der Waals surface area contributed by atoms with Crippen LogP contribution in [0.5, 0.6) is 0 Å². The largest absolute Gasteiger partial charge is 0.354 e. The van der Waals surface area contributed by atoms with Gasteiger partial charge in [-0.25, -0.2) is 0 Å². The van der Waals surface area contributed by atoms with E-state index in [1.165, 1.54) is 25.8 Å². The highest BCUT2D eigenvalue weighted by molar-refractivity contribution is 5.85. The molecule has 0 aromatic rings. The molecule has 1 amide bonds. The van der Waals surface area contributed by atoms with Crippen molar-refractivity contribution in [2.75, 3.05) is 26.2 Å². The standard InChI is InChI=1S/C15H29N3O.ClH/c1-3-18-9-5-4-6-14(18)11-17-15(19)13-7-8-16-12(2)10-13;/h12-14,16H,3-11H2,1-2H3,(H,17,19);1H/t12-,13-,14?;/m0./s1. The highest BCUT2D eigenvalue weighted by Gasteiger charge is 2.26. The number of halogens is 1. The van der Waals surface area contributed by atoms with Gasteiger partial charge in [-0.15, -0.1) is 12.4 Å². The van der Waals surface area contributed by atoms with Crippen LogP contribution in [0.3, 0.4) is 0 Å². The molecule has 3 atom stereocenters. The highest BCUT2D eigenvalue weighted by atomic mass is 35.5. The Morgan fingerprint density at radius 1 is 1.35 bits per heavy atom. The summed E-state index contributed by atoms with van der Waals surface area (Å²) in [7, 11) is 0. The third-order valence-electron chi connectivity index (χ3n) is 4.66. The molecule has 2 rings (SSSR count). The molecule has 1 unspecified atom stereocenters. The van der Waals surface area contributed by atoms with Crippen molar-refractivity contribution < 1.29 is 4.79 Å². The van der Waals surface area contributed by atoms with Crippen LogP contribution in [-0.4, -0.2) is 49.1 Å². The third kappa shape index (κ3) is 4.90. The third-order valence-corrected chi connectivity index (χ3v) is 4.66. The lowest BCUT2D eigenvalue weighted by Crippen LogP contribution is -2.49. The minimum absolute atomic E-state index is 0. The highest BCUT2D eigenvalue weighted by Crippen LogP contribution is 2.18. The lowest BCUT2D eigenvalue weighted by Gasteiger charge is -2.35. The van der Waals surface area contributed by atoms with Crippen molar-refractivity contribution in [2.24, 2.45) is 5.92 Å². The normalized spacial score (nSPS) is 31.4. The average Bonchev–Trinajstić information content (AvgIpc) is 2.45. The van der Waals surface area contributed by atoms with Crippen molar-refractivity contribution in [3.8, 4) is 0 Å². The van der Waals surface area contributed by atoms with E-state index in [2.05, 4.69) is 29.4 Å². The Hall–Kier alpha value is -0.320. The van der Waals surface area contributed by atoms with Gasteiger partial charge in [-0.05, 0) is 52.2 Å². The summed E-state index contributed by atoms with van der Waals surface area (Å²) in [6.07, 6.45) is 5.81. The molecular formula is C15H30ClN3O. The van der Waals surface area contributed by atoms with Crippen molar-refractivity contribution in [3.63, 3.8) is 0 Å². The number of likely N-dealkylation sites (tertiary alicyclic amines) is 1. The Morgan fingerprint density at radius 3 is 2.85 bits per heavy atom. The van der Waals surface area contributed by atoms with Gasteiger partial charge < -0.3 is 10.6 Å². The fourth-order valence-electron chi connectivity index (χ4n) is 3.44. The number of carbonyl (C=O) groups is 1. The summed E-state index contributed by atoms with van der Waals surface area (Å²) in [5.41, 5.74) is 0. The molecule has 0 aromatic carbocycles. The van der Waals surface area contributed by atoms with Crippen LogP contribution in [0.25, 0.3) is 0 Å². The lowest BCUT2D eigenvalue weighted by atomic mass is 9.92. The topological polar surface area (TPSA) is 44.4 Å². The lowest BCUT2D eigenvalue weighted by molar-refractivity contribution is -0.126. The first-order valence-corrected chi connectivity index (χ1v) is 7.95. The number of amides is 1. The predicted molar refractivity (Wildman–Crippen MR) is 85.3 cm³/mol. The van der Waals surface area contributed by atoms with Crippen molar-refractivity contribution in [1.29, 1.82) is 0 Å². The van der Waals surface area contributed by atoms with Crippen LogP contribution in [0, 0.1) is 5.92 Å². The number of hydrogen-bond donors (Lipinski definition) is 2. The molecule has 20 heavy (non-hydrogen) atoms. The first-order valence-electron chi connectivity index (χ1n) is 7.95. The SMILES string of the molecule is CCN1CCCCC1CNC(=O)[C@H]1CCN[C@@H](C)C1.Cl. The van der Waals surface area contributed by atoms with E-state index in [4.69, 9.17) is 0 Å². The molecule has 4 nitrogen and oxygen atoms in total. The molecule has 2 N–H and O–H groups in total. The van der Waals surface area contributed by atoms with E-state index in [1.807, 2.05) is 0 Å². The Bertz CT molecular complexity index is 301. The zero-order valence-corrected chi connectivity index (χ0v) is 13.7. The van der Waals surface area contributed by atoms with Gasteiger partial charge in [0, 0.05) is 24.5 Å². The summed E-state index contributed by atoms with van der Waals surface area (Å²) in [5, 5.41) is 6.60. The zero-order valence-electron chi connectivity index (χ0n) is 12.9. The number of nitrogens with one attached hydrogen (secondary N) is 2. The van der Waals surface area contributed by atoms with Crippen LogP contribution >= 0.6 is 12.4 Å². The molecule has 0 spiro atoms. The van der Waals surface area contributed by atoms with Crippen LogP contribution in [0.1, 0.15) is 46.0 Å².